The van der Waals surface area contributed by atoms with E-state index in [1.165, 1.54) is 11.3 Å². The van der Waals surface area contributed by atoms with Gasteiger partial charge in [-0.05, 0) is 49.9 Å². The molecular formula is C24H28N4O2S. The zero-order valence-corrected chi connectivity index (χ0v) is 18.8. The van der Waals surface area contributed by atoms with E-state index in [0.717, 1.165) is 41.1 Å². The highest BCUT2D eigenvalue weighted by Crippen LogP contribution is 2.21. The van der Waals surface area contributed by atoms with Gasteiger partial charge in [0.1, 0.15) is 10.7 Å². The number of carbonyl (C=O) groups is 2. The molecule has 4 rings (SSSR count). The fourth-order valence-electron chi connectivity index (χ4n) is 3.57. The molecule has 1 aliphatic carbocycles. The monoisotopic (exact) mass is 436 g/mol. The van der Waals surface area contributed by atoms with Gasteiger partial charge in [0.25, 0.3) is 11.8 Å². The molecule has 31 heavy (non-hydrogen) atoms. The van der Waals surface area contributed by atoms with Gasteiger partial charge in [0.15, 0.2) is 0 Å². The summed E-state index contributed by atoms with van der Waals surface area (Å²) in [4.78, 5) is 31.8. The van der Waals surface area contributed by atoms with E-state index in [1.807, 2.05) is 59.8 Å². The van der Waals surface area contributed by atoms with Gasteiger partial charge in [-0.1, -0.05) is 25.1 Å². The molecule has 0 saturated heterocycles. The molecule has 0 unspecified atom stereocenters. The maximum Gasteiger partial charge on any atom is 0.270 e. The second kappa shape index (κ2) is 9.47. The van der Waals surface area contributed by atoms with Crippen LogP contribution in [0.2, 0.25) is 0 Å². The van der Waals surface area contributed by atoms with Gasteiger partial charge < -0.3 is 14.8 Å². The largest absolute Gasteiger partial charge is 0.348 e. The quantitative estimate of drug-likeness (QED) is 0.545. The molecule has 1 aromatic carbocycles. The number of nitrogens with one attached hydrogen (secondary N) is 1. The minimum Gasteiger partial charge on any atom is -0.348 e. The van der Waals surface area contributed by atoms with Crippen molar-refractivity contribution in [1.29, 1.82) is 0 Å². The fraction of sp³-hybridized carbons (Fsp3) is 0.375. The predicted molar refractivity (Wildman–Crippen MR) is 122 cm³/mol. The highest BCUT2D eigenvalue weighted by atomic mass is 32.1. The van der Waals surface area contributed by atoms with Crippen LogP contribution < -0.4 is 5.32 Å². The summed E-state index contributed by atoms with van der Waals surface area (Å²) in [5, 5.41) is 5.68. The number of amides is 2. The molecule has 6 nitrogen and oxygen atoms in total. The highest BCUT2D eigenvalue weighted by molar-refractivity contribution is 7.09. The third-order valence-corrected chi connectivity index (χ3v) is 6.27. The van der Waals surface area contributed by atoms with Gasteiger partial charge >= 0.3 is 0 Å². The molecule has 1 aliphatic rings. The van der Waals surface area contributed by atoms with E-state index in [2.05, 4.69) is 21.8 Å². The Bertz CT molecular complexity index is 1070. The van der Waals surface area contributed by atoms with Crippen LogP contribution >= 0.6 is 11.3 Å². The summed E-state index contributed by atoms with van der Waals surface area (Å²) in [6.07, 6.45) is 5.02. The van der Waals surface area contributed by atoms with Crippen molar-refractivity contribution < 1.29 is 9.59 Å². The van der Waals surface area contributed by atoms with Crippen molar-refractivity contribution in [3.05, 3.63) is 75.5 Å². The fourth-order valence-corrected chi connectivity index (χ4v) is 4.34. The van der Waals surface area contributed by atoms with E-state index in [1.54, 1.807) is 0 Å². The minimum atomic E-state index is -0.0873. The molecule has 2 amide bonds. The summed E-state index contributed by atoms with van der Waals surface area (Å²) < 4.78 is 2.11. The Hall–Kier alpha value is -2.93. The highest BCUT2D eigenvalue weighted by Gasteiger charge is 2.25. The smallest absolute Gasteiger partial charge is 0.270 e. The Balaban J connectivity index is 1.46. The number of aromatic nitrogens is 2. The Labute approximate surface area is 186 Å². The normalized spacial score (nSPS) is 13.2. The number of hydrogen-bond acceptors (Lipinski definition) is 4. The first-order valence-corrected chi connectivity index (χ1v) is 11.7. The van der Waals surface area contributed by atoms with Crippen molar-refractivity contribution in [3.8, 4) is 0 Å². The van der Waals surface area contributed by atoms with Crippen LogP contribution in [0.25, 0.3) is 0 Å². The molecule has 1 saturated carbocycles. The van der Waals surface area contributed by atoms with Gasteiger partial charge in [0.2, 0.25) is 0 Å². The second-order valence-corrected chi connectivity index (χ2v) is 8.99. The Morgan fingerprint density at radius 2 is 2.03 bits per heavy atom. The second-order valence-electron chi connectivity index (χ2n) is 8.04. The van der Waals surface area contributed by atoms with Crippen molar-refractivity contribution in [2.24, 2.45) is 0 Å². The first kappa shape index (κ1) is 21.3. The third-order valence-electron chi connectivity index (χ3n) is 5.44. The molecular weight excluding hydrogens is 408 g/mol. The first-order chi connectivity index (χ1) is 15.0. The molecule has 0 bridgehead atoms. The number of rotatable bonds is 9. The summed E-state index contributed by atoms with van der Waals surface area (Å²) in [6.45, 7) is 5.87. The van der Waals surface area contributed by atoms with Gasteiger partial charge in [-0.15, -0.1) is 11.3 Å². The lowest BCUT2D eigenvalue weighted by Crippen LogP contribution is -2.32. The van der Waals surface area contributed by atoms with Gasteiger partial charge in [-0.25, -0.2) is 4.98 Å². The predicted octanol–water partition coefficient (Wildman–Crippen LogP) is 4.25. The zero-order valence-electron chi connectivity index (χ0n) is 18.0. The van der Waals surface area contributed by atoms with Gasteiger partial charge in [-0.3, -0.25) is 9.59 Å². The Morgan fingerprint density at radius 1 is 1.23 bits per heavy atom. The van der Waals surface area contributed by atoms with Gasteiger partial charge in [-0.2, -0.15) is 0 Å². The summed E-state index contributed by atoms with van der Waals surface area (Å²) >= 11 is 1.49. The Morgan fingerprint density at radius 3 is 2.77 bits per heavy atom. The molecule has 7 heteroatoms. The van der Waals surface area contributed by atoms with Crippen LogP contribution in [0, 0.1) is 6.92 Å². The lowest BCUT2D eigenvalue weighted by molar-refractivity contribution is 0.0738. The van der Waals surface area contributed by atoms with Crippen LogP contribution in [0.15, 0.2) is 48.0 Å². The lowest BCUT2D eigenvalue weighted by atomic mass is 10.1. The number of aryl methyl sites for hydroxylation is 1. The SMILES string of the molecule is CCCN(Cc1cccn1Cc1nc(C(=O)NC2CC2)cs1)C(=O)c1ccccc1C. The minimum absolute atomic E-state index is 0.0565. The molecule has 2 aromatic heterocycles. The van der Waals surface area contributed by atoms with Crippen molar-refractivity contribution in [1.82, 2.24) is 19.8 Å². The van der Waals surface area contributed by atoms with Crippen molar-refractivity contribution in [3.63, 3.8) is 0 Å². The van der Waals surface area contributed by atoms with E-state index in [9.17, 15) is 9.59 Å². The van der Waals surface area contributed by atoms with E-state index in [-0.39, 0.29) is 11.8 Å². The maximum atomic E-state index is 13.2. The lowest BCUT2D eigenvalue weighted by Gasteiger charge is -2.24. The first-order valence-electron chi connectivity index (χ1n) is 10.8. The molecule has 1 N–H and O–H groups in total. The standard InChI is InChI=1S/C24H28N4O2S/c1-3-12-28(24(30)20-9-5-4-7-17(20)2)14-19-8-6-13-27(19)15-22-26-21(16-31-22)23(29)25-18-10-11-18/h4-9,13,16,18H,3,10-12,14-15H2,1-2H3,(H,25,29). The van der Waals surface area contributed by atoms with E-state index < -0.39 is 0 Å². The molecule has 0 radical (unpaired) electrons. The summed E-state index contributed by atoms with van der Waals surface area (Å²) in [7, 11) is 0. The zero-order chi connectivity index (χ0) is 21.8. The summed E-state index contributed by atoms with van der Waals surface area (Å²) in [6, 6.07) is 12.1. The number of nitrogens with zero attached hydrogens (tertiary/aromatic N) is 3. The number of benzene rings is 1. The number of carbonyl (C=O) groups excluding carboxylic acids is 2. The van der Waals surface area contributed by atoms with Crippen molar-refractivity contribution >= 4 is 23.2 Å². The molecule has 162 valence electrons. The maximum absolute atomic E-state index is 13.2. The number of thiazole rings is 1. The van der Waals surface area contributed by atoms with Crippen LogP contribution in [-0.2, 0) is 13.1 Å². The van der Waals surface area contributed by atoms with E-state index in [4.69, 9.17) is 0 Å². The molecule has 1 fully saturated rings. The van der Waals surface area contributed by atoms with Crippen LogP contribution in [0.3, 0.4) is 0 Å². The topological polar surface area (TPSA) is 67.2 Å². The molecule has 0 atom stereocenters. The Kier molecular flexibility index (Phi) is 6.51. The molecule has 3 aromatic rings. The molecule has 2 heterocycles. The van der Waals surface area contributed by atoms with Gasteiger partial charge in [0.05, 0.1) is 13.1 Å². The van der Waals surface area contributed by atoms with Gasteiger partial charge in [0, 0.05) is 35.4 Å². The van der Waals surface area contributed by atoms with Crippen molar-refractivity contribution in [2.75, 3.05) is 6.54 Å². The van der Waals surface area contributed by atoms with Crippen LogP contribution in [0.1, 0.15) is 63.3 Å². The molecule has 0 spiro atoms. The van der Waals surface area contributed by atoms with Crippen LogP contribution in [-0.4, -0.2) is 38.9 Å². The van der Waals surface area contributed by atoms with Crippen LogP contribution in [0.4, 0.5) is 0 Å². The van der Waals surface area contributed by atoms with Crippen LogP contribution in [0.5, 0.6) is 0 Å². The summed E-state index contributed by atoms with van der Waals surface area (Å²) in [5.74, 6) is -0.0309. The van der Waals surface area contributed by atoms with E-state index in [0.29, 0.717) is 31.4 Å². The summed E-state index contributed by atoms with van der Waals surface area (Å²) in [5.41, 5.74) is 3.28. The average molecular weight is 437 g/mol. The average Bonchev–Trinajstić information content (AvgIpc) is 3.27. The van der Waals surface area contributed by atoms with E-state index >= 15 is 0 Å². The number of hydrogen-bond donors (Lipinski definition) is 1. The third kappa shape index (κ3) is 5.22. The molecule has 0 aliphatic heterocycles. The van der Waals surface area contributed by atoms with Crippen molar-refractivity contribution in [2.45, 2.75) is 52.2 Å².